The molecule has 0 aliphatic rings. The van der Waals surface area contributed by atoms with Crippen LogP contribution in [0, 0.1) is 0 Å². The van der Waals surface area contributed by atoms with E-state index in [2.05, 4.69) is 39.7 Å². The Hall–Kier alpha value is -2.37. The molecular formula is C14H19N5O. The summed E-state index contributed by atoms with van der Waals surface area (Å²) < 4.78 is 5.17. The van der Waals surface area contributed by atoms with Crippen molar-refractivity contribution in [2.45, 2.75) is 26.3 Å². The van der Waals surface area contributed by atoms with Gasteiger partial charge in [0.1, 0.15) is 5.75 Å². The molecule has 0 aliphatic carbocycles. The average molecular weight is 273 g/mol. The molecule has 1 aromatic carbocycles. The van der Waals surface area contributed by atoms with Gasteiger partial charge in [0, 0.05) is 17.8 Å². The zero-order chi connectivity index (χ0) is 14.4. The summed E-state index contributed by atoms with van der Waals surface area (Å²) in [5.41, 5.74) is 0.854. The smallest absolute Gasteiger partial charge is 0.249 e. The normalized spacial score (nSPS) is 11.8. The van der Waals surface area contributed by atoms with Crippen LogP contribution in [0.5, 0.6) is 5.75 Å². The van der Waals surface area contributed by atoms with E-state index in [1.807, 2.05) is 24.3 Å². The zero-order valence-electron chi connectivity index (χ0n) is 11.9. The van der Waals surface area contributed by atoms with E-state index in [1.165, 1.54) is 0 Å². The summed E-state index contributed by atoms with van der Waals surface area (Å²) in [7, 11) is 1.63. The Morgan fingerprint density at radius 1 is 1.35 bits per heavy atom. The maximum Gasteiger partial charge on any atom is 0.249 e. The molecule has 1 heterocycles. The van der Waals surface area contributed by atoms with E-state index < -0.39 is 0 Å². The molecule has 1 atom stereocenters. The molecule has 1 unspecified atom stereocenters. The minimum absolute atomic E-state index is 0.344. The van der Waals surface area contributed by atoms with Crippen molar-refractivity contribution in [1.82, 2.24) is 15.2 Å². The summed E-state index contributed by atoms with van der Waals surface area (Å²) in [4.78, 5) is 4.37. The van der Waals surface area contributed by atoms with Crippen LogP contribution in [0.3, 0.4) is 0 Å². The second-order valence-electron chi connectivity index (χ2n) is 4.48. The first kappa shape index (κ1) is 14.0. The quantitative estimate of drug-likeness (QED) is 0.843. The monoisotopic (exact) mass is 273 g/mol. The van der Waals surface area contributed by atoms with Crippen molar-refractivity contribution in [3.63, 3.8) is 0 Å². The fourth-order valence-corrected chi connectivity index (χ4v) is 1.61. The first-order valence-electron chi connectivity index (χ1n) is 6.58. The highest BCUT2D eigenvalue weighted by Gasteiger charge is 2.04. The molecule has 20 heavy (non-hydrogen) atoms. The third-order valence-electron chi connectivity index (χ3n) is 2.89. The van der Waals surface area contributed by atoms with Gasteiger partial charge in [0.2, 0.25) is 5.95 Å². The molecule has 0 spiro atoms. The third kappa shape index (κ3) is 3.81. The molecule has 2 rings (SSSR count). The summed E-state index contributed by atoms with van der Waals surface area (Å²) in [6.07, 6.45) is 2.63. The molecule has 106 valence electrons. The van der Waals surface area contributed by atoms with Gasteiger partial charge < -0.3 is 15.4 Å². The minimum atomic E-state index is 0.344. The standard InChI is InChI=1S/C14H19N5O/c1-4-10(2)16-13-9-15-19-14(18-13)17-11-6-5-7-12(8-11)20-3/h5-10H,4H2,1-3H3,(H2,16,17,18,19). The van der Waals surface area contributed by atoms with Crippen LogP contribution in [0.25, 0.3) is 0 Å². The predicted molar refractivity (Wildman–Crippen MR) is 79.5 cm³/mol. The van der Waals surface area contributed by atoms with Crippen LogP contribution < -0.4 is 15.4 Å². The van der Waals surface area contributed by atoms with Gasteiger partial charge in [0.25, 0.3) is 0 Å². The van der Waals surface area contributed by atoms with E-state index in [0.29, 0.717) is 17.8 Å². The maximum absolute atomic E-state index is 5.17. The zero-order valence-corrected chi connectivity index (χ0v) is 11.9. The lowest BCUT2D eigenvalue weighted by molar-refractivity contribution is 0.415. The maximum atomic E-state index is 5.17. The summed E-state index contributed by atoms with van der Waals surface area (Å²) in [5.74, 6) is 1.93. The van der Waals surface area contributed by atoms with Crippen LogP contribution >= 0.6 is 0 Å². The largest absolute Gasteiger partial charge is 0.497 e. The first-order valence-corrected chi connectivity index (χ1v) is 6.58. The van der Waals surface area contributed by atoms with Crippen molar-refractivity contribution in [2.24, 2.45) is 0 Å². The second-order valence-corrected chi connectivity index (χ2v) is 4.48. The van der Waals surface area contributed by atoms with Crippen molar-refractivity contribution in [3.8, 4) is 5.75 Å². The molecule has 6 heteroatoms. The molecule has 2 N–H and O–H groups in total. The molecule has 0 saturated carbocycles. The Balaban J connectivity index is 2.10. The van der Waals surface area contributed by atoms with Crippen molar-refractivity contribution in [3.05, 3.63) is 30.5 Å². The fraction of sp³-hybridized carbons (Fsp3) is 0.357. The number of ether oxygens (including phenoxy) is 1. The topological polar surface area (TPSA) is 72.0 Å². The number of methoxy groups -OCH3 is 1. The lowest BCUT2D eigenvalue weighted by atomic mass is 10.3. The van der Waals surface area contributed by atoms with Crippen LogP contribution in [-0.4, -0.2) is 28.3 Å². The van der Waals surface area contributed by atoms with Gasteiger partial charge in [-0.15, -0.1) is 5.10 Å². The molecular weight excluding hydrogens is 254 g/mol. The molecule has 1 aromatic heterocycles. The van der Waals surface area contributed by atoms with Gasteiger partial charge in [-0.05, 0) is 25.5 Å². The van der Waals surface area contributed by atoms with Gasteiger partial charge in [-0.1, -0.05) is 13.0 Å². The van der Waals surface area contributed by atoms with Gasteiger partial charge in [0.05, 0.1) is 13.3 Å². The van der Waals surface area contributed by atoms with Crippen LogP contribution in [-0.2, 0) is 0 Å². The predicted octanol–water partition coefficient (Wildman–Crippen LogP) is 2.83. The van der Waals surface area contributed by atoms with Crippen LogP contribution in [0.1, 0.15) is 20.3 Å². The number of rotatable bonds is 6. The van der Waals surface area contributed by atoms with Crippen LogP contribution in [0.2, 0.25) is 0 Å². The van der Waals surface area contributed by atoms with Crippen LogP contribution in [0.4, 0.5) is 17.5 Å². The summed E-state index contributed by atoms with van der Waals surface area (Å²) in [5, 5.41) is 14.3. The van der Waals surface area contributed by atoms with Gasteiger partial charge in [-0.25, -0.2) is 0 Å². The lowest BCUT2D eigenvalue weighted by Gasteiger charge is -2.12. The number of benzene rings is 1. The number of aromatic nitrogens is 3. The summed E-state index contributed by atoms with van der Waals surface area (Å²) in [6.45, 7) is 4.21. The number of hydrogen-bond acceptors (Lipinski definition) is 6. The van der Waals surface area contributed by atoms with Crippen molar-refractivity contribution in [2.75, 3.05) is 17.7 Å². The van der Waals surface area contributed by atoms with Gasteiger partial charge in [-0.3, -0.25) is 0 Å². The lowest BCUT2D eigenvalue weighted by Crippen LogP contribution is -2.15. The number of hydrogen-bond donors (Lipinski definition) is 2. The first-order chi connectivity index (χ1) is 9.71. The SMILES string of the molecule is CCC(C)Nc1cnnc(Nc2cccc(OC)c2)n1. The molecule has 0 aliphatic heterocycles. The molecule has 6 nitrogen and oxygen atoms in total. The highest BCUT2D eigenvalue weighted by Crippen LogP contribution is 2.19. The molecule has 0 radical (unpaired) electrons. The average Bonchev–Trinajstić information content (AvgIpc) is 2.47. The molecule has 0 amide bonds. The number of nitrogens with zero attached hydrogens (tertiary/aromatic N) is 3. The highest BCUT2D eigenvalue weighted by atomic mass is 16.5. The van der Waals surface area contributed by atoms with E-state index >= 15 is 0 Å². The Labute approximate surface area is 118 Å². The molecule has 0 fully saturated rings. The molecule has 0 saturated heterocycles. The Morgan fingerprint density at radius 3 is 2.95 bits per heavy atom. The second kappa shape index (κ2) is 6.70. The van der Waals surface area contributed by atoms with Gasteiger partial charge in [-0.2, -0.15) is 10.1 Å². The minimum Gasteiger partial charge on any atom is -0.497 e. The van der Waals surface area contributed by atoms with E-state index in [0.717, 1.165) is 17.9 Å². The van der Waals surface area contributed by atoms with Gasteiger partial charge in [0.15, 0.2) is 5.82 Å². The van der Waals surface area contributed by atoms with Crippen molar-refractivity contribution >= 4 is 17.5 Å². The highest BCUT2D eigenvalue weighted by molar-refractivity contribution is 5.56. The van der Waals surface area contributed by atoms with Gasteiger partial charge >= 0.3 is 0 Å². The van der Waals surface area contributed by atoms with E-state index in [1.54, 1.807) is 13.3 Å². The Kier molecular flexibility index (Phi) is 4.70. The Morgan fingerprint density at radius 2 is 2.20 bits per heavy atom. The van der Waals surface area contributed by atoms with Crippen LogP contribution in [0.15, 0.2) is 30.5 Å². The third-order valence-corrected chi connectivity index (χ3v) is 2.89. The van der Waals surface area contributed by atoms with E-state index in [9.17, 15) is 0 Å². The molecule has 2 aromatic rings. The van der Waals surface area contributed by atoms with Crippen molar-refractivity contribution < 1.29 is 4.74 Å². The van der Waals surface area contributed by atoms with E-state index in [4.69, 9.17) is 4.74 Å². The Bertz CT molecular complexity index is 561. The molecule has 0 bridgehead atoms. The number of nitrogens with one attached hydrogen (secondary N) is 2. The summed E-state index contributed by atoms with van der Waals surface area (Å²) >= 11 is 0. The van der Waals surface area contributed by atoms with E-state index in [-0.39, 0.29) is 0 Å². The van der Waals surface area contributed by atoms with Crippen molar-refractivity contribution in [1.29, 1.82) is 0 Å². The number of anilines is 3. The fourth-order valence-electron chi connectivity index (χ4n) is 1.61. The summed E-state index contributed by atoms with van der Waals surface area (Å²) in [6, 6.07) is 7.91.